The van der Waals surface area contributed by atoms with Crippen LogP contribution in [0.1, 0.15) is 45.1 Å². The van der Waals surface area contributed by atoms with E-state index in [1.165, 1.54) is 5.56 Å². The first-order valence-corrected chi connectivity index (χ1v) is 9.17. The Hall–Kier alpha value is -1.44. The second kappa shape index (κ2) is 5.30. The van der Waals surface area contributed by atoms with Crippen LogP contribution in [0.5, 0.6) is 0 Å². The molecule has 3 fully saturated rings. The van der Waals surface area contributed by atoms with Crippen LogP contribution in [0, 0.1) is 6.92 Å². The van der Waals surface area contributed by atoms with Crippen molar-refractivity contribution in [2.45, 2.75) is 76.9 Å². The molecule has 0 spiro atoms. The number of aromatic amines is 1. The summed E-state index contributed by atoms with van der Waals surface area (Å²) in [6, 6.07) is 8.47. The minimum Gasteiger partial charge on any atom is -0.356 e. The summed E-state index contributed by atoms with van der Waals surface area (Å²) in [6.07, 6.45) is -1.61. The quantitative estimate of drug-likeness (QED) is 0.844. The smallest absolute Gasteiger partial charge is 0.190 e. The second-order valence-corrected chi connectivity index (χ2v) is 8.41. The highest BCUT2D eigenvalue weighted by molar-refractivity contribution is 5.81. The van der Waals surface area contributed by atoms with Crippen LogP contribution >= 0.6 is 0 Å². The van der Waals surface area contributed by atoms with Crippen molar-refractivity contribution in [3.05, 3.63) is 35.5 Å². The number of hydrogen-bond acceptors (Lipinski definition) is 5. The highest BCUT2D eigenvalue weighted by Crippen LogP contribution is 2.48. The molecular formula is C20H25NO5. The van der Waals surface area contributed by atoms with Crippen LogP contribution < -0.4 is 0 Å². The van der Waals surface area contributed by atoms with Gasteiger partial charge in [-0.2, -0.15) is 0 Å². The zero-order valence-electron chi connectivity index (χ0n) is 15.7. The number of hydrogen-bond donors (Lipinski definition) is 1. The van der Waals surface area contributed by atoms with Crippen LogP contribution in [0.15, 0.2) is 24.3 Å². The number of H-pyrrole nitrogens is 1. The summed E-state index contributed by atoms with van der Waals surface area (Å²) < 4.78 is 30.7. The first-order chi connectivity index (χ1) is 12.2. The zero-order chi connectivity index (χ0) is 18.3. The Bertz CT molecular complexity index is 857. The maximum absolute atomic E-state index is 6.32. The van der Waals surface area contributed by atoms with E-state index in [9.17, 15) is 0 Å². The van der Waals surface area contributed by atoms with Crippen LogP contribution in [0.3, 0.4) is 0 Å². The van der Waals surface area contributed by atoms with Gasteiger partial charge >= 0.3 is 0 Å². The van der Waals surface area contributed by atoms with Crippen molar-refractivity contribution in [3.8, 4) is 0 Å². The van der Waals surface area contributed by atoms with E-state index >= 15 is 0 Å². The van der Waals surface area contributed by atoms with E-state index in [2.05, 4.69) is 36.2 Å². The fourth-order valence-corrected chi connectivity index (χ4v) is 4.29. The average molecular weight is 359 g/mol. The van der Waals surface area contributed by atoms with Crippen molar-refractivity contribution < 1.29 is 23.7 Å². The molecule has 6 nitrogen and oxygen atoms in total. The molecular weight excluding hydrogens is 334 g/mol. The number of nitrogens with one attached hydrogen (secondary N) is 1. The van der Waals surface area contributed by atoms with E-state index in [4.69, 9.17) is 23.7 Å². The van der Waals surface area contributed by atoms with E-state index < -0.39 is 17.9 Å². The molecule has 0 radical (unpaired) electrons. The van der Waals surface area contributed by atoms with Gasteiger partial charge in [-0.25, -0.2) is 0 Å². The van der Waals surface area contributed by atoms with Crippen molar-refractivity contribution in [1.82, 2.24) is 4.98 Å². The van der Waals surface area contributed by atoms with Crippen LogP contribution in [0.4, 0.5) is 0 Å². The molecule has 6 heteroatoms. The molecule has 26 heavy (non-hydrogen) atoms. The zero-order valence-corrected chi connectivity index (χ0v) is 15.7. The first kappa shape index (κ1) is 16.7. The van der Waals surface area contributed by atoms with Crippen LogP contribution in [0.2, 0.25) is 0 Å². The predicted octanol–water partition coefficient (Wildman–Crippen LogP) is 3.55. The van der Waals surface area contributed by atoms with Crippen molar-refractivity contribution in [2.75, 3.05) is 0 Å². The summed E-state index contributed by atoms with van der Waals surface area (Å²) in [4.78, 5) is 3.48. The van der Waals surface area contributed by atoms with Gasteiger partial charge in [-0.1, -0.05) is 11.6 Å². The Morgan fingerprint density at radius 1 is 0.846 bits per heavy atom. The van der Waals surface area contributed by atoms with Gasteiger partial charge < -0.3 is 28.7 Å². The van der Waals surface area contributed by atoms with E-state index in [0.29, 0.717) is 0 Å². The maximum atomic E-state index is 6.32. The maximum Gasteiger partial charge on any atom is 0.190 e. The summed E-state index contributed by atoms with van der Waals surface area (Å²) in [5.41, 5.74) is 3.27. The fraction of sp³-hybridized carbons (Fsp3) is 0.600. The Morgan fingerprint density at radius 2 is 1.54 bits per heavy atom. The van der Waals surface area contributed by atoms with Gasteiger partial charge in [-0.05, 0) is 52.8 Å². The third-order valence-electron chi connectivity index (χ3n) is 5.26. The lowest BCUT2D eigenvalue weighted by atomic mass is 9.97. The van der Waals surface area contributed by atoms with Gasteiger partial charge in [0.15, 0.2) is 17.9 Å². The summed E-state index contributed by atoms with van der Waals surface area (Å²) >= 11 is 0. The normalized spacial score (nSPS) is 37.7. The molecule has 1 N–H and O–H groups in total. The third-order valence-corrected chi connectivity index (χ3v) is 5.26. The standard InChI is InChI=1S/C20H25NO5/c1-10-6-7-12-11(8-10)9-13(21-12)14-15-16(24-19(2,3)23-15)17-18(22-14)26-20(4,5)25-17/h6-9,14-18,21H,1-5H3/t14-,15+,16+,17-,18-/m1/s1. The highest BCUT2D eigenvalue weighted by atomic mass is 16.9. The van der Waals surface area contributed by atoms with E-state index in [1.807, 2.05) is 27.7 Å². The van der Waals surface area contributed by atoms with Gasteiger partial charge in [0, 0.05) is 16.6 Å². The van der Waals surface area contributed by atoms with Gasteiger partial charge in [-0.3, -0.25) is 0 Å². The molecule has 0 aliphatic carbocycles. The van der Waals surface area contributed by atoms with Crippen molar-refractivity contribution in [3.63, 3.8) is 0 Å². The lowest BCUT2D eigenvalue weighted by Crippen LogP contribution is -2.51. The lowest BCUT2D eigenvalue weighted by Gasteiger charge is -2.36. The monoisotopic (exact) mass is 359 g/mol. The first-order valence-electron chi connectivity index (χ1n) is 9.17. The van der Waals surface area contributed by atoms with Crippen molar-refractivity contribution in [1.29, 1.82) is 0 Å². The summed E-state index contributed by atoms with van der Waals surface area (Å²) in [7, 11) is 0. The Morgan fingerprint density at radius 3 is 2.35 bits per heavy atom. The Balaban J connectivity index is 1.55. The van der Waals surface area contributed by atoms with E-state index in [0.717, 1.165) is 16.6 Å². The molecule has 5 atom stereocenters. The molecule has 3 saturated heterocycles. The predicted molar refractivity (Wildman–Crippen MR) is 94.5 cm³/mol. The largest absolute Gasteiger partial charge is 0.356 e. The van der Waals surface area contributed by atoms with E-state index in [-0.39, 0.29) is 24.4 Å². The molecule has 5 rings (SSSR count). The SMILES string of the molecule is Cc1ccc2[nH]c([C@H]3O[C@@H]4OC(C)(C)O[C@@H]4[C@H]4OC(C)(C)O[C@H]43)cc2c1. The lowest BCUT2D eigenvalue weighted by molar-refractivity contribution is -0.237. The minimum absolute atomic E-state index is 0.247. The molecule has 0 unspecified atom stereocenters. The Labute approximate surface area is 152 Å². The Kier molecular flexibility index (Phi) is 3.41. The number of rotatable bonds is 1. The molecule has 3 aliphatic heterocycles. The molecule has 0 amide bonds. The van der Waals surface area contributed by atoms with Crippen molar-refractivity contribution in [2.24, 2.45) is 0 Å². The molecule has 1 aromatic heterocycles. The number of aromatic nitrogens is 1. The van der Waals surface area contributed by atoms with E-state index in [1.54, 1.807) is 0 Å². The minimum atomic E-state index is -0.706. The summed E-state index contributed by atoms with van der Waals surface area (Å²) in [6.45, 7) is 9.72. The highest BCUT2D eigenvalue weighted by Gasteiger charge is 2.61. The van der Waals surface area contributed by atoms with Gasteiger partial charge in [0.05, 0.1) is 0 Å². The van der Waals surface area contributed by atoms with Crippen LogP contribution in [0.25, 0.3) is 10.9 Å². The van der Waals surface area contributed by atoms with Gasteiger partial charge in [-0.15, -0.1) is 0 Å². The molecule has 1 aromatic carbocycles. The van der Waals surface area contributed by atoms with Crippen molar-refractivity contribution >= 4 is 10.9 Å². The fourth-order valence-electron chi connectivity index (χ4n) is 4.29. The number of benzene rings is 1. The molecule has 3 aliphatic rings. The topological polar surface area (TPSA) is 61.9 Å². The third kappa shape index (κ3) is 2.60. The second-order valence-electron chi connectivity index (χ2n) is 8.41. The number of fused-ring (bicyclic) bond motifs is 4. The van der Waals surface area contributed by atoms with Crippen LogP contribution in [-0.2, 0) is 23.7 Å². The summed E-state index contributed by atoms with van der Waals surface area (Å²) in [5, 5.41) is 1.16. The van der Waals surface area contributed by atoms with Crippen LogP contribution in [-0.4, -0.2) is 41.2 Å². The molecule has 0 saturated carbocycles. The number of ether oxygens (including phenoxy) is 5. The van der Waals surface area contributed by atoms with Gasteiger partial charge in [0.1, 0.15) is 24.4 Å². The number of aryl methyl sites for hydroxylation is 1. The van der Waals surface area contributed by atoms with Gasteiger partial charge in [0.25, 0.3) is 0 Å². The molecule has 0 bridgehead atoms. The molecule has 140 valence electrons. The van der Waals surface area contributed by atoms with Gasteiger partial charge in [0.2, 0.25) is 0 Å². The molecule has 2 aromatic rings. The molecule has 4 heterocycles. The average Bonchev–Trinajstić information content (AvgIpc) is 3.16. The summed E-state index contributed by atoms with van der Waals surface area (Å²) in [5.74, 6) is -1.40.